The first kappa shape index (κ1) is 10.5. The van der Waals surface area contributed by atoms with Crippen molar-refractivity contribution in [3.05, 3.63) is 34.9 Å². The van der Waals surface area contributed by atoms with Crippen LogP contribution in [0.15, 0.2) is 29.3 Å². The molecule has 0 N–H and O–H groups in total. The molecule has 80 valence electrons. The highest BCUT2D eigenvalue weighted by Gasteiger charge is 2.23. The van der Waals surface area contributed by atoms with Crippen molar-refractivity contribution in [2.75, 3.05) is 6.61 Å². The Morgan fingerprint density at radius 1 is 1.40 bits per heavy atom. The molecule has 15 heavy (non-hydrogen) atoms. The zero-order valence-electron chi connectivity index (χ0n) is 8.90. The molecule has 1 aromatic carbocycles. The lowest BCUT2D eigenvalue weighted by atomic mass is 10.1. The molecule has 0 spiro atoms. The van der Waals surface area contributed by atoms with Gasteiger partial charge in [-0.1, -0.05) is 37.6 Å². The third kappa shape index (κ3) is 2.15. The number of rotatable bonds is 2. The van der Waals surface area contributed by atoms with Crippen LogP contribution in [0.5, 0.6) is 0 Å². The van der Waals surface area contributed by atoms with E-state index < -0.39 is 0 Å². The molecule has 0 fully saturated rings. The summed E-state index contributed by atoms with van der Waals surface area (Å²) in [5.74, 6) is 1.18. The first-order valence-corrected chi connectivity index (χ1v) is 5.52. The highest BCUT2D eigenvalue weighted by molar-refractivity contribution is 6.33. The van der Waals surface area contributed by atoms with Crippen LogP contribution in [-0.4, -0.2) is 18.5 Å². The van der Waals surface area contributed by atoms with Gasteiger partial charge in [-0.15, -0.1) is 0 Å². The van der Waals surface area contributed by atoms with Gasteiger partial charge in [0.05, 0.1) is 16.6 Å². The molecule has 0 bridgehead atoms. The van der Waals surface area contributed by atoms with Crippen LogP contribution in [0.2, 0.25) is 5.02 Å². The summed E-state index contributed by atoms with van der Waals surface area (Å²) in [4.78, 5) is 4.53. The standard InChI is InChI=1S/C12H14ClNO/c1-8(2)11-7-15-12(14-11)9-5-3-4-6-10(9)13/h3-6,8,11H,7H2,1-2H3/t11-/m1/s1. The highest BCUT2D eigenvalue weighted by atomic mass is 35.5. The van der Waals surface area contributed by atoms with Gasteiger partial charge in [0.1, 0.15) is 6.61 Å². The van der Waals surface area contributed by atoms with Crippen molar-refractivity contribution in [1.82, 2.24) is 0 Å². The lowest BCUT2D eigenvalue weighted by molar-refractivity contribution is 0.292. The summed E-state index contributed by atoms with van der Waals surface area (Å²) in [6.45, 7) is 4.96. The quantitative estimate of drug-likeness (QED) is 0.755. The van der Waals surface area contributed by atoms with Gasteiger partial charge in [0.15, 0.2) is 0 Å². The first-order chi connectivity index (χ1) is 7.18. The Morgan fingerprint density at radius 2 is 2.13 bits per heavy atom. The Bertz CT molecular complexity index is 387. The molecule has 0 aliphatic carbocycles. The summed E-state index contributed by atoms with van der Waals surface area (Å²) in [5.41, 5.74) is 0.891. The molecule has 3 heteroatoms. The van der Waals surface area contributed by atoms with E-state index in [9.17, 15) is 0 Å². The summed E-state index contributed by atoms with van der Waals surface area (Å²) in [6, 6.07) is 7.89. The molecule has 2 nitrogen and oxygen atoms in total. The smallest absolute Gasteiger partial charge is 0.218 e. The molecule has 0 saturated heterocycles. The molecule has 1 aliphatic rings. The van der Waals surface area contributed by atoms with E-state index in [1.165, 1.54) is 0 Å². The van der Waals surface area contributed by atoms with Gasteiger partial charge >= 0.3 is 0 Å². The number of aliphatic imine (C=N–C) groups is 1. The van der Waals surface area contributed by atoms with Crippen molar-refractivity contribution in [1.29, 1.82) is 0 Å². The molecular formula is C12H14ClNO. The second-order valence-corrected chi connectivity index (χ2v) is 4.44. The number of benzene rings is 1. The molecule has 1 atom stereocenters. The number of hydrogen-bond acceptors (Lipinski definition) is 2. The Hall–Kier alpha value is -1.02. The Morgan fingerprint density at radius 3 is 2.73 bits per heavy atom. The molecule has 0 amide bonds. The van der Waals surface area contributed by atoms with Crippen LogP contribution >= 0.6 is 11.6 Å². The highest BCUT2D eigenvalue weighted by Crippen LogP contribution is 2.22. The van der Waals surface area contributed by atoms with Crippen molar-refractivity contribution in [2.45, 2.75) is 19.9 Å². The molecule has 1 aliphatic heterocycles. The van der Waals surface area contributed by atoms with Gasteiger partial charge in [-0.2, -0.15) is 0 Å². The molecule has 2 rings (SSSR count). The van der Waals surface area contributed by atoms with Crippen molar-refractivity contribution in [2.24, 2.45) is 10.9 Å². The molecule has 0 radical (unpaired) electrons. The second kappa shape index (κ2) is 4.23. The monoisotopic (exact) mass is 223 g/mol. The Balaban J connectivity index is 2.27. The molecule has 0 aromatic heterocycles. The minimum Gasteiger partial charge on any atom is -0.475 e. The fraction of sp³-hybridized carbons (Fsp3) is 0.417. The average molecular weight is 224 g/mol. The van der Waals surface area contributed by atoms with Gasteiger partial charge in [-0.05, 0) is 18.1 Å². The van der Waals surface area contributed by atoms with Crippen LogP contribution in [0.3, 0.4) is 0 Å². The number of ether oxygens (including phenoxy) is 1. The van der Waals surface area contributed by atoms with Crippen molar-refractivity contribution < 1.29 is 4.74 Å². The number of hydrogen-bond donors (Lipinski definition) is 0. The third-order valence-corrected chi connectivity index (χ3v) is 2.88. The second-order valence-electron chi connectivity index (χ2n) is 4.04. The topological polar surface area (TPSA) is 21.6 Å². The zero-order chi connectivity index (χ0) is 10.8. The van der Waals surface area contributed by atoms with Gasteiger partial charge in [-0.3, -0.25) is 0 Å². The summed E-state index contributed by atoms with van der Waals surface area (Å²) < 4.78 is 5.56. The predicted molar refractivity (Wildman–Crippen MR) is 62.6 cm³/mol. The molecular weight excluding hydrogens is 210 g/mol. The van der Waals surface area contributed by atoms with E-state index in [2.05, 4.69) is 18.8 Å². The zero-order valence-corrected chi connectivity index (χ0v) is 9.66. The van der Waals surface area contributed by atoms with E-state index in [0.29, 0.717) is 23.4 Å². The predicted octanol–water partition coefficient (Wildman–Crippen LogP) is 3.14. The lowest BCUT2D eigenvalue weighted by Gasteiger charge is -2.06. The van der Waals surface area contributed by atoms with E-state index in [4.69, 9.17) is 16.3 Å². The van der Waals surface area contributed by atoms with E-state index in [1.807, 2.05) is 24.3 Å². The fourth-order valence-corrected chi connectivity index (χ4v) is 1.73. The molecule has 1 heterocycles. The normalized spacial score (nSPS) is 20.3. The molecule has 1 aromatic rings. The maximum Gasteiger partial charge on any atom is 0.218 e. The van der Waals surface area contributed by atoms with E-state index >= 15 is 0 Å². The average Bonchev–Trinajstić information content (AvgIpc) is 2.67. The lowest BCUT2D eigenvalue weighted by Crippen LogP contribution is -2.13. The van der Waals surface area contributed by atoms with Crippen LogP contribution in [0, 0.1) is 5.92 Å². The van der Waals surface area contributed by atoms with Crippen LogP contribution < -0.4 is 0 Å². The summed E-state index contributed by atoms with van der Waals surface area (Å²) in [5, 5.41) is 0.695. The van der Waals surface area contributed by atoms with Crippen LogP contribution in [-0.2, 0) is 4.74 Å². The van der Waals surface area contributed by atoms with E-state index in [-0.39, 0.29) is 6.04 Å². The third-order valence-electron chi connectivity index (χ3n) is 2.55. The van der Waals surface area contributed by atoms with Crippen molar-refractivity contribution in [3.63, 3.8) is 0 Å². The number of nitrogens with zero attached hydrogens (tertiary/aromatic N) is 1. The van der Waals surface area contributed by atoms with Gasteiger partial charge in [0.25, 0.3) is 0 Å². The van der Waals surface area contributed by atoms with Crippen molar-refractivity contribution >= 4 is 17.5 Å². The van der Waals surface area contributed by atoms with Gasteiger partial charge in [0, 0.05) is 0 Å². The van der Waals surface area contributed by atoms with Gasteiger partial charge < -0.3 is 4.74 Å². The van der Waals surface area contributed by atoms with Crippen LogP contribution in [0.1, 0.15) is 19.4 Å². The molecule has 0 saturated carbocycles. The summed E-state index contributed by atoms with van der Waals surface area (Å²) >= 11 is 6.07. The van der Waals surface area contributed by atoms with Gasteiger partial charge in [0.2, 0.25) is 5.90 Å². The summed E-state index contributed by atoms with van der Waals surface area (Å²) in [7, 11) is 0. The Kier molecular flexibility index (Phi) is 2.96. The minimum atomic E-state index is 0.260. The Labute approximate surface area is 94.9 Å². The van der Waals surface area contributed by atoms with Gasteiger partial charge in [-0.25, -0.2) is 4.99 Å². The largest absolute Gasteiger partial charge is 0.475 e. The van der Waals surface area contributed by atoms with E-state index in [0.717, 1.165) is 5.56 Å². The summed E-state index contributed by atoms with van der Waals surface area (Å²) in [6.07, 6.45) is 0. The van der Waals surface area contributed by atoms with Crippen LogP contribution in [0.4, 0.5) is 0 Å². The minimum absolute atomic E-state index is 0.260. The number of halogens is 1. The maximum absolute atomic E-state index is 6.07. The maximum atomic E-state index is 6.07. The molecule has 0 unspecified atom stereocenters. The van der Waals surface area contributed by atoms with Crippen molar-refractivity contribution in [3.8, 4) is 0 Å². The van der Waals surface area contributed by atoms with Crippen LogP contribution in [0.25, 0.3) is 0 Å². The van der Waals surface area contributed by atoms with E-state index in [1.54, 1.807) is 0 Å². The first-order valence-electron chi connectivity index (χ1n) is 5.14. The SMILES string of the molecule is CC(C)[C@H]1COC(c2ccccc2Cl)=N1. The fourth-order valence-electron chi connectivity index (χ4n) is 1.51.